The van der Waals surface area contributed by atoms with Gasteiger partial charge in [-0.05, 0) is 48.9 Å². The minimum Gasteiger partial charge on any atom is -0.494 e. The lowest BCUT2D eigenvalue weighted by Crippen LogP contribution is -2.14. The summed E-state index contributed by atoms with van der Waals surface area (Å²) >= 11 is 0. The summed E-state index contributed by atoms with van der Waals surface area (Å²) in [6.07, 6.45) is 0.317. The lowest BCUT2D eigenvalue weighted by molar-refractivity contribution is -0.115. The molecule has 0 heterocycles. The number of amides is 1. The van der Waals surface area contributed by atoms with Gasteiger partial charge in [0.1, 0.15) is 18.1 Å². The molecule has 122 valence electrons. The molecule has 0 aliphatic rings. The fourth-order valence-corrected chi connectivity index (χ4v) is 2.07. The van der Waals surface area contributed by atoms with E-state index in [9.17, 15) is 4.79 Å². The first kappa shape index (κ1) is 16.8. The van der Waals surface area contributed by atoms with Crippen molar-refractivity contribution in [3.05, 3.63) is 54.1 Å². The number of rotatable bonds is 8. The van der Waals surface area contributed by atoms with Gasteiger partial charge in [0.2, 0.25) is 5.91 Å². The zero-order chi connectivity index (χ0) is 16.5. The highest BCUT2D eigenvalue weighted by Gasteiger charge is 2.05. The van der Waals surface area contributed by atoms with Gasteiger partial charge < -0.3 is 20.5 Å². The molecule has 0 atom stereocenters. The number of nitrogens with one attached hydrogen (secondary N) is 1. The second-order valence-electron chi connectivity index (χ2n) is 4.96. The number of ether oxygens (including phenoxy) is 2. The summed E-state index contributed by atoms with van der Waals surface area (Å²) in [5, 5.41) is 2.86. The van der Waals surface area contributed by atoms with Crippen LogP contribution in [0.5, 0.6) is 11.5 Å². The van der Waals surface area contributed by atoms with E-state index >= 15 is 0 Å². The first-order chi connectivity index (χ1) is 11.2. The third kappa shape index (κ3) is 5.64. The molecule has 0 saturated carbocycles. The van der Waals surface area contributed by atoms with E-state index in [1.54, 1.807) is 0 Å². The SMILES string of the molecule is CCOc1ccc(CC(=O)Nc2ccc(OCCN)cc2)cc1. The Kier molecular flexibility index (Phi) is 6.44. The van der Waals surface area contributed by atoms with Crippen molar-refractivity contribution in [1.82, 2.24) is 0 Å². The molecule has 5 nitrogen and oxygen atoms in total. The Morgan fingerprint density at radius 3 is 2.22 bits per heavy atom. The molecule has 3 N–H and O–H groups in total. The van der Waals surface area contributed by atoms with Gasteiger partial charge in [0, 0.05) is 12.2 Å². The molecule has 0 aliphatic carbocycles. The van der Waals surface area contributed by atoms with E-state index in [1.807, 2.05) is 55.5 Å². The Morgan fingerprint density at radius 2 is 1.61 bits per heavy atom. The molecule has 5 heteroatoms. The summed E-state index contributed by atoms with van der Waals surface area (Å²) in [5.74, 6) is 1.48. The van der Waals surface area contributed by atoms with E-state index in [0.29, 0.717) is 26.2 Å². The molecule has 0 unspecified atom stereocenters. The lowest BCUT2D eigenvalue weighted by Gasteiger charge is -2.08. The summed E-state index contributed by atoms with van der Waals surface area (Å²) in [5.41, 5.74) is 7.06. The van der Waals surface area contributed by atoms with Crippen LogP contribution in [0.3, 0.4) is 0 Å². The summed E-state index contributed by atoms with van der Waals surface area (Å²) in [4.78, 5) is 12.1. The Hall–Kier alpha value is -2.53. The monoisotopic (exact) mass is 314 g/mol. The molecule has 0 radical (unpaired) electrons. The zero-order valence-corrected chi connectivity index (χ0v) is 13.2. The number of hydrogen-bond donors (Lipinski definition) is 2. The summed E-state index contributed by atoms with van der Waals surface area (Å²) in [7, 11) is 0. The lowest BCUT2D eigenvalue weighted by atomic mass is 10.1. The summed E-state index contributed by atoms with van der Waals surface area (Å²) in [6.45, 7) is 3.52. The second kappa shape index (κ2) is 8.80. The van der Waals surface area contributed by atoms with Gasteiger partial charge in [-0.3, -0.25) is 4.79 Å². The number of hydrogen-bond acceptors (Lipinski definition) is 4. The molecule has 0 saturated heterocycles. The number of carbonyl (C=O) groups is 1. The summed E-state index contributed by atoms with van der Waals surface area (Å²) in [6, 6.07) is 14.8. The molecular weight excluding hydrogens is 292 g/mol. The minimum atomic E-state index is -0.0650. The van der Waals surface area contributed by atoms with E-state index in [2.05, 4.69) is 5.32 Å². The van der Waals surface area contributed by atoms with Crippen LogP contribution in [0.4, 0.5) is 5.69 Å². The van der Waals surface area contributed by atoms with Gasteiger partial charge in [0.15, 0.2) is 0 Å². The molecule has 0 aromatic heterocycles. The van der Waals surface area contributed by atoms with Crippen LogP contribution in [0.2, 0.25) is 0 Å². The van der Waals surface area contributed by atoms with Gasteiger partial charge in [-0.15, -0.1) is 0 Å². The predicted molar refractivity (Wildman–Crippen MR) is 90.9 cm³/mol. The van der Waals surface area contributed by atoms with E-state index in [4.69, 9.17) is 15.2 Å². The van der Waals surface area contributed by atoms with E-state index in [1.165, 1.54) is 0 Å². The number of nitrogens with two attached hydrogens (primary N) is 1. The van der Waals surface area contributed by atoms with Crippen LogP contribution in [-0.4, -0.2) is 25.7 Å². The first-order valence-electron chi connectivity index (χ1n) is 7.65. The highest BCUT2D eigenvalue weighted by atomic mass is 16.5. The van der Waals surface area contributed by atoms with Crippen LogP contribution >= 0.6 is 0 Å². The molecule has 0 spiro atoms. The quantitative estimate of drug-likeness (QED) is 0.785. The van der Waals surface area contributed by atoms with Crippen molar-refractivity contribution in [3.8, 4) is 11.5 Å². The fraction of sp³-hybridized carbons (Fsp3) is 0.278. The van der Waals surface area contributed by atoms with E-state index in [0.717, 1.165) is 22.7 Å². The number of benzene rings is 2. The average Bonchev–Trinajstić information content (AvgIpc) is 2.56. The second-order valence-corrected chi connectivity index (χ2v) is 4.96. The van der Waals surface area contributed by atoms with Gasteiger partial charge in [-0.1, -0.05) is 12.1 Å². The Morgan fingerprint density at radius 1 is 1.00 bits per heavy atom. The number of anilines is 1. The van der Waals surface area contributed by atoms with Crippen molar-refractivity contribution >= 4 is 11.6 Å². The standard InChI is InChI=1S/C18H22N2O3/c1-2-22-16-7-3-14(4-8-16)13-18(21)20-15-5-9-17(10-6-15)23-12-11-19/h3-10H,2,11-13,19H2,1H3,(H,20,21). The summed E-state index contributed by atoms with van der Waals surface area (Å²) < 4.78 is 10.8. The molecule has 0 fully saturated rings. The zero-order valence-electron chi connectivity index (χ0n) is 13.2. The van der Waals surface area contributed by atoms with E-state index < -0.39 is 0 Å². The van der Waals surface area contributed by atoms with Gasteiger partial charge in [0.05, 0.1) is 13.0 Å². The van der Waals surface area contributed by atoms with Crippen molar-refractivity contribution < 1.29 is 14.3 Å². The molecule has 2 rings (SSSR count). The highest BCUT2D eigenvalue weighted by Crippen LogP contribution is 2.16. The van der Waals surface area contributed by atoms with Gasteiger partial charge in [0.25, 0.3) is 0 Å². The van der Waals surface area contributed by atoms with Crippen molar-refractivity contribution in [2.75, 3.05) is 25.1 Å². The Bertz CT molecular complexity index is 609. The van der Waals surface area contributed by atoms with Crippen LogP contribution in [0.15, 0.2) is 48.5 Å². The predicted octanol–water partition coefficient (Wildman–Crippen LogP) is 2.60. The third-order valence-electron chi connectivity index (χ3n) is 3.12. The molecule has 2 aromatic carbocycles. The fourth-order valence-electron chi connectivity index (χ4n) is 2.07. The third-order valence-corrected chi connectivity index (χ3v) is 3.12. The first-order valence-corrected chi connectivity index (χ1v) is 7.65. The van der Waals surface area contributed by atoms with E-state index in [-0.39, 0.29) is 5.91 Å². The van der Waals surface area contributed by atoms with Crippen molar-refractivity contribution in [2.45, 2.75) is 13.3 Å². The van der Waals surface area contributed by atoms with Crippen LogP contribution < -0.4 is 20.5 Å². The molecule has 0 bridgehead atoms. The average molecular weight is 314 g/mol. The molecule has 23 heavy (non-hydrogen) atoms. The molecular formula is C18H22N2O3. The maximum absolute atomic E-state index is 12.1. The van der Waals surface area contributed by atoms with Crippen molar-refractivity contribution in [2.24, 2.45) is 5.73 Å². The van der Waals surface area contributed by atoms with Gasteiger partial charge in [-0.25, -0.2) is 0 Å². The van der Waals surface area contributed by atoms with Gasteiger partial charge in [-0.2, -0.15) is 0 Å². The smallest absolute Gasteiger partial charge is 0.228 e. The van der Waals surface area contributed by atoms with Crippen LogP contribution in [-0.2, 0) is 11.2 Å². The highest BCUT2D eigenvalue weighted by molar-refractivity contribution is 5.92. The molecule has 1 amide bonds. The van der Waals surface area contributed by atoms with Crippen LogP contribution in [0.1, 0.15) is 12.5 Å². The van der Waals surface area contributed by atoms with Crippen LogP contribution in [0, 0.1) is 0 Å². The Labute approximate surface area is 136 Å². The number of carbonyl (C=O) groups excluding carboxylic acids is 1. The maximum atomic E-state index is 12.1. The normalized spacial score (nSPS) is 10.2. The molecule has 0 aliphatic heterocycles. The Balaban J connectivity index is 1.86. The maximum Gasteiger partial charge on any atom is 0.228 e. The largest absolute Gasteiger partial charge is 0.494 e. The van der Waals surface area contributed by atoms with Gasteiger partial charge >= 0.3 is 0 Å². The minimum absolute atomic E-state index is 0.0650. The van der Waals surface area contributed by atoms with Crippen molar-refractivity contribution in [3.63, 3.8) is 0 Å². The van der Waals surface area contributed by atoms with Crippen LogP contribution in [0.25, 0.3) is 0 Å². The topological polar surface area (TPSA) is 73.6 Å². The van der Waals surface area contributed by atoms with Crippen molar-refractivity contribution in [1.29, 1.82) is 0 Å². The molecule has 2 aromatic rings.